The lowest BCUT2D eigenvalue weighted by molar-refractivity contribution is -0.112. The van der Waals surface area contributed by atoms with Crippen LogP contribution in [0.15, 0.2) is 24.3 Å². The molecule has 0 radical (unpaired) electrons. The Bertz CT molecular complexity index is 556. The third-order valence-corrected chi connectivity index (χ3v) is 3.05. The van der Waals surface area contributed by atoms with Gasteiger partial charge in [-0.25, -0.2) is 0 Å². The van der Waals surface area contributed by atoms with Crippen molar-refractivity contribution < 1.29 is 19.4 Å². The SMILES string of the molecule is COc1cc(C(N)=CC(C)=O)ccc1OCC(O)CNC(C)C. The summed E-state index contributed by atoms with van der Waals surface area (Å²) in [4.78, 5) is 11.1. The third kappa shape index (κ3) is 6.71. The number of rotatable bonds is 9. The van der Waals surface area contributed by atoms with Crippen molar-refractivity contribution in [1.29, 1.82) is 0 Å². The number of hydrogen-bond donors (Lipinski definition) is 3. The molecule has 1 unspecified atom stereocenters. The Labute approximate surface area is 137 Å². The van der Waals surface area contributed by atoms with Crippen LogP contribution in [0.3, 0.4) is 0 Å². The number of carbonyl (C=O) groups excluding carboxylic acids is 1. The van der Waals surface area contributed by atoms with E-state index in [2.05, 4.69) is 5.32 Å². The highest BCUT2D eigenvalue weighted by molar-refractivity contribution is 5.94. The first kappa shape index (κ1) is 19.0. The Morgan fingerprint density at radius 3 is 2.65 bits per heavy atom. The predicted molar refractivity (Wildman–Crippen MR) is 90.5 cm³/mol. The van der Waals surface area contributed by atoms with E-state index in [0.29, 0.717) is 35.3 Å². The topological polar surface area (TPSA) is 93.8 Å². The molecule has 0 fully saturated rings. The maximum Gasteiger partial charge on any atom is 0.161 e. The summed E-state index contributed by atoms with van der Waals surface area (Å²) in [5.74, 6) is 0.879. The number of allylic oxidation sites excluding steroid dienone is 1. The fourth-order valence-electron chi connectivity index (χ4n) is 1.89. The zero-order valence-corrected chi connectivity index (χ0v) is 14.1. The molecule has 128 valence electrons. The fourth-order valence-corrected chi connectivity index (χ4v) is 1.89. The van der Waals surface area contributed by atoms with Crippen molar-refractivity contribution in [2.24, 2.45) is 5.73 Å². The summed E-state index contributed by atoms with van der Waals surface area (Å²) in [6.07, 6.45) is 0.737. The average Bonchev–Trinajstić information content (AvgIpc) is 2.49. The van der Waals surface area contributed by atoms with Gasteiger partial charge in [0.15, 0.2) is 17.3 Å². The average molecular weight is 322 g/mol. The van der Waals surface area contributed by atoms with E-state index in [4.69, 9.17) is 15.2 Å². The lowest BCUT2D eigenvalue weighted by atomic mass is 10.1. The Kier molecular flexibility index (Phi) is 7.57. The highest BCUT2D eigenvalue weighted by atomic mass is 16.5. The van der Waals surface area contributed by atoms with Gasteiger partial charge in [0.25, 0.3) is 0 Å². The van der Waals surface area contributed by atoms with E-state index in [1.54, 1.807) is 18.2 Å². The van der Waals surface area contributed by atoms with Crippen LogP contribution in [0.1, 0.15) is 26.3 Å². The van der Waals surface area contributed by atoms with Gasteiger partial charge < -0.3 is 25.6 Å². The lowest BCUT2D eigenvalue weighted by Crippen LogP contribution is -2.35. The van der Waals surface area contributed by atoms with E-state index in [0.717, 1.165) is 0 Å². The summed E-state index contributed by atoms with van der Waals surface area (Å²) in [5.41, 5.74) is 6.89. The molecule has 1 rings (SSSR count). The number of aliphatic hydroxyl groups excluding tert-OH is 1. The molecule has 6 nitrogen and oxygen atoms in total. The molecule has 0 heterocycles. The van der Waals surface area contributed by atoms with Crippen LogP contribution < -0.4 is 20.5 Å². The second kappa shape index (κ2) is 9.17. The number of carbonyl (C=O) groups is 1. The van der Waals surface area contributed by atoms with Crippen LogP contribution >= 0.6 is 0 Å². The van der Waals surface area contributed by atoms with E-state index >= 15 is 0 Å². The summed E-state index contributed by atoms with van der Waals surface area (Å²) < 4.78 is 10.9. The van der Waals surface area contributed by atoms with Crippen molar-refractivity contribution in [3.63, 3.8) is 0 Å². The van der Waals surface area contributed by atoms with Gasteiger partial charge in [-0.15, -0.1) is 0 Å². The van der Waals surface area contributed by atoms with Crippen LogP contribution in [-0.2, 0) is 4.79 Å². The highest BCUT2D eigenvalue weighted by Gasteiger charge is 2.11. The third-order valence-electron chi connectivity index (χ3n) is 3.05. The van der Waals surface area contributed by atoms with Gasteiger partial charge >= 0.3 is 0 Å². The minimum absolute atomic E-state index is 0.123. The number of nitrogens with one attached hydrogen (secondary N) is 1. The molecule has 0 spiro atoms. The van der Waals surface area contributed by atoms with Crippen molar-refractivity contribution in [1.82, 2.24) is 5.32 Å². The number of ether oxygens (including phenoxy) is 2. The van der Waals surface area contributed by atoms with Crippen LogP contribution in [0.5, 0.6) is 11.5 Å². The van der Waals surface area contributed by atoms with Gasteiger partial charge in [-0.05, 0) is 25.1 Å². The van der Waals surface area contributed by atoms with Crippen molar-refractivity contribution in [3.05, 3.63) is 29.8 Å². The van der Waals surface area contributed by atoms with Gasteiger partial charge in [0.05, 0.1) is 7.11 Å². The number of hydrogen-bond acceptors (Lipinski definition) is 6. The first-order valence-corrected chi connectivity index (χ1v) is 7.53. The molecule has 1 aromatic rings. The summed E-state index contributed by atoms with van der Waals surface area (Å²) in [5, 5.41) is 13.0. The molecule has 0 aliphatic carbocycles. The van der Waals surface area contributed by atoms with E-state index in [1.165, 1.54) is 20.1 Å². The molecule has 0 aliphatic heterocycles. The minimum Gasteiger partial charge on any atom is -0.493 e. The molecule has 0 saturated heterocycles. The van der Waals surface area contributed by atoms with Gasteiger partial charge in [0, 0.05) is 29.9 Å². The van der Waals surface area contributed by atoms with Crippen molar-refractivity contribution >= 4 is 11.5 Å². The molecule has 1 aromatic carbocycles. The second-order valence-electron chi connectivity index (χ2n) is 5.60. The molecule has 0 amide bonds. The van der Waals surface area contributed by atoms with Crippen LogP contribution in [-0.4, -0.2) is 43.3 Å². The summed E-state index contributed by atoms with van der Waals surface area (Å²) in [6, 6.07) is 5.45. The molecule has 23 heavy (non-hydrogen) atoms. The standard InChI is InChI=1S/C17H26N2O4/c1-11(2)19-9-14(21)10-23-16-6-5-13(8-17(16)22-4)15(18)7-12(3)20/h5-8,11,14,19,21H,9-10,18H2,1-4H3. The van der Waals surface area contributed by atoms with Crippen LogP contribution in [0.25, 0.3) is 5.70 Å². The largest absolute Gasteiger partial charge is 0.493 e. The monoisotopic (exact) mass is 322 g/mol. The second-order valence-corrected chi connectivity index (χ2v) is 5.60. The zero-order valence-electron chi connectivity index (χ0n) is 14.1. The van der Waals surface area contributed by atoms with Gasteiger partial charge in [-0.1, -0.05) is 13.8 Å². The number of benzene rings is 1. The smallest absolute Gasteiger partial charge is 0.161 e. The predicted octanol–water partition coefficient (Wildman–Crippen LogP) is 1.32. The van der Waals surface area contributed by atoms with Gasteiger partial charge in [-0.3, -0.25) is 4.79 Å². The fraction of sp³-hybridized carbons (Fsp3) is 0.471. The quantitative estimate of drug-likeness (QED) is 0.594. The molecule has 1 atom stereocenters. The molecular weight excluding hydrogens is 296 g/mol. The normalized spacial score (nSPS) is 13.0. The number of ketones is 1. The van der Waals surface area contributed by atoms with Crippen LogP contribution in [0, 0.1) is 0 Å². The maximum absolute atomic E-state index is 11.1. The number of methoxy groups -OCH3 is 1. The maximum atomic E-state index is 11.1. The van der Waals surface area contributed by atoms with Crippen LogP contribution in [0.2, 0.25) is 0 Å². The Balaban J connectivity index is 2.75. The zero-order chi connectivity index (χ0) is 17.4. The van der Waals surface area contributed by atoms with E-state index in [1.807, 2.05) is 13.8 Å². The molecule has 0 saturated carbocycles. The molecule has 4 N–H and O–H groups in total. The van der Waals surface area contributed by atoms with Gasteiger partial charge in [0.2, 0.25) is 0 Å². The molecule has 0 bridgehead atoms. The van der Waals surface area contributed by atoms with Gasteiger partial charge in [0.1, 0.15) is 12.7 Å². The molecule has 0 aromatic heterocycles. The summed E-state index contributed by atoms with van der Waals surface area (Å²) in [6.45, 7) is 6.05. The molecule has 0 aliphatic rings. The minimum atomic E-state index is -0.621. The first-order chi connectivity index (χ1) is 10.8. The Hall–Kier alpha value is -2.05. The van der Waals surface area contributed by atoms with Crippen molar-refractivity contribution in [2.75, 3.05) is 20.3 Å². The number of aliphatic hydroxyl groups is 1. The molecule has 6 heteroatoms. The summed E-state index contributed by atoms with van der Waals surface area (Å²) in [7, 11) is 1.52. The van der Waals surface area contributed by atoms with E-state index in [9.17, 15) is 9.90 Å². The Morgan fingerprint density at radius 1 is 1.39 bits per heavy atom. The Morgan fingerprint density at radius 2 is 2.09 bits per heavy atom. The lowest BCUT2D eigenvalue weighted by Gasteiger charge is -2.17. The molecular formula is C17H26N2O4. The van der Waals surface area contributed by atoms with E-state index in [-0.39, 0.29) is 12.4 Å². The summed E-state index contributed by atoms with van der Waals surface area (Å²) >= 11 is 0. The van der Waals surface area contributed by atoms with Crippen molar-refractivity contribution in [3.8, 4) is 11.5 Å². The number of nitrogens with two attached hydrogens (primary N) is 1. The van der Waals surface area contributed by atoms with Crippen molar-refractivity contribution in [2.45, 2.75) is 32.9 Å². The van der Waals surface area contributed by atoms with E-state index < -0.39 is 6.10 Å². The highest BCUT2D eigenvalue weighted by Crippen LogP contribution is 2.29. The first-order valence-electron chi connectivity index (χ1n) is 7.53. The van der Waals surface area contributed by atoms with Gasteiger partial charge in [-0.2, -0.15) is 0 Å². The van der Waals surface area contributed by atoms with Crippen LogP contribution in [0.4, 0.5) is 0 Å².